The fraction of sp³-hybridized carbons (Fsp3) is 0.192. The number of benzene rings is 2. The van der Waals surface area contributed by atoms with Gasteiger partial charge in [-0.15, -0.1) is 0 Å². The third-order valence-electron chi connectivity index (χ3n) is 5.21. The zero-order valence-corrected chi connectivity index (χ0v) is 18.3. The number of carbonyl (C=O) groups is 1. The number of hydrogen-bond donors (Lipinski definition) is 1. The van der Waals surface area contributed by atoms with E-state index in [2.05, 4.69) is 27.1 Å². The zero-order valence-electron chi connectivity index (χ0n) is 18.3. The molecule has 0 saturated carbocycles. The van der Waals surface area contributed by atoms with Gasteiger partial charge in [0.15, 0.2) is 0 Å². The van der Waals surface area contributed by atoms with Crippen LogP contribution >= 0.6 is 0 Å². The third-order valence-corrected chi connectivity index (χ3v) is 5.21. The molecular weight excluding hydrogens is 402 g/mol. The van der Waals surface area contributed by atoms with Crippen molar-refractivity contribution in [3.63, 3.8) is 0 Å². The minimum absolute atomic E-state index is 0.189. The molecule has 0 aliphatic rings. The molecule has 2 aromatic carbocycles. The quantitative estimate of drug-likeness (QED) is 0.401. The average Bonchev–Trinajstić information content (AvgIpc) is 3.34. The number of ether oxygens (including phenoxy) is 2. The SMILES string of the molecule is COC(=O)C(C)(C)COc1ccc(-c2ccc(-c3ncc(-c4ccccc4)[nH]3)cc2)cn1. The lowest BCUT2D eigenvalue weighted by Gasteiger charge is -2.21. The number of esters is 1. The lowest BCUT2D eigenvalue weighted by molar-refractivity contribution is -0.152. The van der Waals surface area contributed by atoms with Gasteiger partial charge in [-0.2, -0.15) is 0 Å². The summed E-state index contributed by atoms with van der Waals surface area (Å²) < 4.78 is 10.5. The Labute approximate surface area is 187 Å². The number of aromatic nitrogens is 3. The maximum Gasteiger partial charge on any atom is 0.314 e. The molecule has 1 N–H and O–H groups in total. The maximum absolute atomic E-state index is 11.8. The smallest absolute Gasteiger partial charge is 0.314 e. The Bertz CT molecular complexity index is 1180. The lowest BCUT2D eigenvalue weighted by atomic mass is 9.95. The van der Waals surface area contributed by atoms with Crippen molar-refractivity contribution in [2.24, 2.45) is 5.41 Å². The number of methoxy groups -OCH3 is 1. The number of nitrogens with zero attached hydrogens (tertiary/aromatic N) is 2. The molecule has 0 fully saturated rings. The van der Waals surface area contributed by atoms with Gasteiger partial charge < -0.3 is 14.5 Å². The van der Waals surface area contributed by atoms with E-state index in [4.69, 9.17) is 9.47 Å². The molecule has 32 heavy (non-hydrogen) atoms. The first kappa shape index (κ1) is 21.3. The van der Waals surface area contributed by atoms with Crippen molar-refractivity contribution in [3.05, 3.63) is 79.1 Å². The molecule has 0 aliphatic carbocycles. The summed E-state index contributed by atoms with van der Waals surface area (Å²) in [6, 6.07) is 22.0. The average molecular weight is 428 g/mol. The normalized spacial score (nSPS) is 11.2. The van der Waals surface area contributed by atoms with Crippen molar-refractivity contribution in [2.45, 2.75) is 13.8 Å². The number of H-pyrrole nitrogens is 1. The highest BCUT2D eigenvalue weighted by Gasteiger charge is 2.29. The molecule has 0 aliphatic heterocycles. The minimum atomic E-state index is -0.739. The number of imidazole rings is 1. The van der Waals surface area contributed by atoms with Gasteiger partial charge in [0.05, 0.1) is 24.4 Å². The number of hydrogen-bond acceptors (Lipinski definition) is 5. The maximum atomic E-state index is 11.8. The van der Waals surface area contributed by atoms with Gasteiger partial charge in [-0.25, -0.2) is 9.97 Å². The minimum Gasteiger partial charge on any atom is -0.476 e. The predicted molar refractivity (Wildman–Crippen MR) is 124 cm³/mol. The fourth-order valence-electron chi connectivity index (χ4n) is 3.28. The highest BCUT2D eigenvalue weighted by molar-refractivity contribution is 5.76. The predicted octanol–water partition coefficient (Wildman–Crippen LogP) is 5.38. The van der Waals surface area contributed by atoms with E-state index in [1.165, 1.54) is 7.11 Å². The summed E-state index contributed by atoms with van der Waals surface area (Å²) >= 11 is 0. The highest BCUT2D eigenvalue weighted by Crippen LogP contribution is 2.26. The number of nitrogens with one attached hydrogen (secondary N) is 1. The topological polar surface area (TPSA) is 77.1 Å². The molecule has 0 saturated heterocycles. The van der Waals surface area contributed by atoms with Gasteiger partial charge in [-0.1, -0.05) is 54.6 Å². The zero-order chi connectivity index (χ0) is 22.6. The Morgan fingerprint density at radius 2 is 1.53 bits per heavy atom. The molecule has 4 rings (SSSR count). The standard InChI is InChI=1S/C26H25N3O3/c1-26(2,25(30)31-3)17-32-23-14-13-21(15-27-23)18-9-11-20(12-10-18)24-28-16-22(29-24)19-7-5-4-6-8-19/h4-16H,17H2,1-3H3,(H,28,29). The number of pyridine rings is 1. The van der Waals surface area contributed by atoms with E-state index in [1.807, 2.05) is 54.7 Å². The second-order valence-corrected chi connectivity index (χ2v) is 8.14. The lowest BCUT2D eigenvalue weighted by Crippen LogP contribution is -2.32. The van der Waals surface area contributed by atoms with E-state index in [0.717, 1.165) is 33.8 Å². The van der Waals surface area contributed by atoms with Crippen LogP contribution in [0.2, 0.25) is 0 Å². The largest absolute Gasteiger partial charge is 0.476 e. The number of rotatable bonds is 7. The van der Waals surface area contributed by atoms with Crippen LogP contribution in [0.5, 0.6) is 5.88 Å². The van der Waals surface area contributed by atoms with Gasteiger partial charge >= 0.3 is 5.97 Å². The van der Waals surface area contributed by atoms with Gasteiger partial charge in [0.1, 0.15) is 12.4 Å². The molecule has 0 radical (unpaired) electrons. The first-order valence-electron chi connectivity index (χ1n) is 10.3. The molecule has 2 aromatic heterocycles. The van der Waals surface area contributed by atoms with Crippen molar-refractivity contribution in [2.75, 3.05) is 13.7 Å². The van der Waals surface area contributed by atoms with Crippen molar-refractivity contribution in [1.82, 2.24) is 15.0 Å². The van der Waals surface area contributed by atoms with Crippen LogP contribution in [0.15, 0.2) is 79.1 Å². The van der Waals surface area contributed by atoms with Crippen LogP contribution in [-0.2, 0) is 9.53 Å². The van der Waals surface area contributed by atoms with Gasteiger partial charge in [-0.3, -0.25) is 4.79 Å². The number of carbonyl (C=O) groups excluding carboxylic acids is 1. The van der Waals surface area contributed by atoms with E-state index in [1.54, 1.807) is 26.1 Å². The monoisotopic (exact) mass is 427 g/mol. The van der Waals surface area contributed by atoms with Crippen LogP contribution in [0.1, 0.15) is 13.8 Å². The molecule has 0 bridgehead atoms. The van der Waals surface area contributed by atoms with Crippen LogP contribution in [0.3, 0.4) is 0 Å². The van der Waals surface area contributed by atoms with Crippen molar-refractivity contribution in [1.29, 1.82) is 0 Å². The van der Waals surface area contributed by atoms with Crippen molar-refractivity contribution >= 4 is 5.97 Å². The van der Waals surface area contributed by atoms with Gasteiger partial charge in [0, 0.05) is 23.4 Å². The Morgan fingerprint density at radius 3 is 2.19 bits per heavy atom. The molecule has 0 atom stereocenters. The van der Waals surface area contributed by atoms with Crippen LogP contribution in [0, 0.1) is 5.41 Å². The summed E-state index contributed by atoms with van der Waals surface area (Å²) in [5, 5.41) is 0. The summed E-state index contributed by atoms with van der Waals surface area (Å²) in [6.07, 6.45) is 3.61. The van der Waals surface area contributed by atoms with E-state index in [0.29, 0.717) is 5.88 Å². The highest BCUT2D eigenvalue weighted by atomic mass is 16.5. The van der Waals surface area contributed by atoms with Gasteiger partial charge in [0.25, 0.3) is 0 Å². The molecule has 2 heterocycles. The van der Waals surface area contributed by atoms with E-state index >= 15 is 0 Å². The van der Waals surface area contributed by atoms with Gasteiger partial charge in [0.2, 0.25) is 5.88 Å². The third kappa shape index (κ3) is 4.70. The summed E-state index contributed by atoms with van der Waals surface area (Å²) in [7, 11) is 1.37. The van der Waals surface area contributed by atoms with Crippen molar-refractivity contribution in [3.8, 4) is 39.7 Å². The van der Waals surface area contributed by atoms with E-state index in [-0.39, 0.29) is 12.6 Å². The van der Waals surface area contributed by atoms with Crippen LogP contribution < -0.4 is 4.74 Å². The molecule has 0 spiro atoms. The molecule has 4 aromatic rings. The fourth-order valence-corrected chi connectivity index (χ4v) is 3.28. The molecule has 0 amide bonds. The van der Waals surface area contributed by atoms with E-state index in [9.17, 15) is 4.79 Å². The van der Waals surface area contributed by atoms with Crippen molar-refractivity contribution < 1.29 is 14.3 Å². The van der Waals surface area contributed by atoms with E-state index < -0.39 is 5.41 Å². The van der Waals surface area contributed by atoms with Crippen LogP contribution in [-0.4, -0.2) is 34.6 Å². The summed E-state index contributed by atoms with van der Waals surface area (Å²) in [6.45, 7) is 3.74. The van der Waals surface area contributed by atoms with Crippen LogP contribution in [0.4, 0.5) is 0 Å². The van der Waals surface area contributed by atoms with Crippen LogP contribution in [0.25, 0.3) is 33.8 Å². The molecule has 6 heteroatoms. The number of aromatic amines is 1. The first-order valence-corrected chi connectivity index (χ1v) is 10.3. The molecule has 162 valence electrons. The molecule has 6 nitrogen and oxygen atoms in total. The molecule has 0 unspecified atom stereocenters. The Hall–Kier alpha value is -3.93. The molecular formula is C26H25N3O3. The second-order valence-electron chi connectivity index (χ2n) is 8.14. The summed E-state index contributed by atoms with van der Waals surface area (Å²) in [5.41, 5.74) is 4.37. The second kappa shape index (κ2) is 9.06. The Kier molecular flexibility index (Phi) is 6.03. The Balaban J connectivity index is 1.43. The summed E-state index contributed by atoms with van der Waals surface area (Å²) in [5.74, 6) is 0.971. The summed E-state index contributed by atoms with van der Waals surface area (Å²) in [4.78, 5) is 24.0. The Morgan fingerprint density at radius 1 is 0.844 bits per heavy atom. The first-order chi connectivity index (χ1) is 15.5. The van der Waals surface area contributed by atoms with Gasteiger partial charge in [-0.05, 0) is 31.0 Å².